The van der Waals surface area contributed by atoms with Gasteiger partial charge in [-0.2, -0.15) is 0 Å². The Balaban J connectivity index is 1.54. The molecule has 0 saturated heterocycles. The van der Waals surface area contributed by atoms with Crippen molar-refractivity contribution in [1.29, 1.82) is 0 Å². The molecule has 0 aliphatic heterocycles. The number of amides is 2. The lowest BCUT2D eigenvalue weighted by Crippen LogP contribution is -2.54. The summed E-state index contributed by atoms with van der Waals surface area (Å²) in [6.07, 6.45) is 2.97. The van der Waals surface area contributed by atoms with Crippen LogP contribution in [0.3, 0.4) is 0 Å². The molecule has 0 unspecified atom stereocenters. The number of hydrogen-bond acceptors (Lipinski definition) is 6. The molecule has 4 aromatic rings. The van der Waals surface area contributed by atoms with Crippen molar-refractivity contribution in [2.75, 3.05) is 7.11 Å². The smallest absolute Gasteiger partial charge is 0.408 e. The Hall–Kier alpha value is -4.60. The van der Waals surface area contributed by atoms with Crippen LogP contribution in [-0.4, -0.2) is 57.7 Å². The van der Waals surface area contributed by atoms with Crippen molar-refractivity contribution >= 4 is 28.9 Å². The summed E-state index contributed by atoms with van der Waals surface area (Å²) in [7, 11) is 1.26. The lowest BCUT2D eigenvalue weighted by atomic mass is 10.0. The highest BCUT2D eigenvalue weighted by atomic mass is 16.6. The molecule has 0 fully saturated rings. The molecule has 2 aromatic heterocycles. The van der Waals surface area contributed by atoms with Gasteiger partial charge in [-0.25, -0.2) is 14.6 Å². The van der Waals surface area contributed by atoms with Crippen molar-refractivity contribution in [2.24, 2.45) is 0 Å². The number of benzene rings is 2. The first kappa shape index (κ1) is 27.4. The number of nitrogens with zero attached hydrogens (tertiary/aromatic N) is 1. The Kier molecular flexibility index (Phi) is 8.33. The number of H-pyrrole nitrogens is 2. The van der Waals surface area contributed by atoms with Gasteiger partial charge < -0.3 is 30.1 Å². The maximum atomic E-state index is 13.5. The van der Waals surface area contributed by atoms with Gasteiger partial charge in [-0.1, -0.05) is 48.5 Å². The fourth-order valence-corrected chi connectivity index (χ4v) is 4.21. The molecule has 2 aromatic carbocycles. The standard InChI is InChI=1S/C29H33N5O5/c1-29(2,3)39-28(37)34-23(14-19-16-30-22-13-9-8-12-21(19)22)26(35)33-24(27(36)38-4)15-20-17-31-25(32-20)18-10-6-5-7-11-18/h5-13,16-17,23-24,30H,14-15H2,1-4H3,(H,31,32)(H,33,35)(H,34,37)/t23-,24-/m0/s1. The van der Waals surface area contributed by atoms with Gasteiger partial charge in [0.15, 0.2) is 0 Å². The molecule has 4 rings (SSSR count). The average Bonchev–Trinajstić information content (AvgIpc) is 3.54. The van der Waals surface area contributed by atoms with Crippen molar-refractivity contribution in [1.82, 2.24) is 25.6 Å². The van der Waals surface area contributed by atoms with Gasteiger partial charge in [0, 0.05) is 47.4 Å². The van der Waals surface area contributed by atoms with E-state index >= 15 is 0 Å². The number of para-hydroxylation sites is 1. The molecule has 4 N–H and O–H groups in total. The van der Waals surface area contributed by atoms with Gasteiger partial charge in [0.05, 0.1) is 7.11 Å². The zero-order valence-corrected chi connectivity index (χ0v) is 22.4. The summed E-state index contributed by atoms with van der Waals surface area (Å²) >= 11 is 0. The lowest BCUT2D eigenvalue weighted by molar-refractivity contribution is -0.145. The second-order valence-electron chi connectivity index (χ2n) is 10.2. The van der Waals surface area contributed by atoms with E-state index in [2.05, 4.69) is 25.6 Å². The van der Waals surface area contributed by atoms with Crippen molar-refractivity contribution in [2.45, 2.75) is 51.3 Å². The number of ether oxygens (including phenoxy) is 2. The molecule has 2 atom stereocenters. The Morgan fingerprint density at radius 1 is 0.949 bits per heavy atom. The SMILES string of the molecule is COC(=O)[C@H](Cc1cnc(-c2ccccc2)[nH]1)NC(=O)[C@H](Cc1c[nH]c2ccccc12)NC(=O)OC(C)(C)C. The summed E-state index contributed by atoms with van der Waals surface area (Å²) in [6, 6.07) is 15.2. The van der Waals surface area contributed by atoms with Crippen molar-refractivity contribution < 1.29 is 23.9 Å². The normalized spacial score (nSPS) is 12.9. The van der Waals surface area contributed by atoms with Gasteiger partial charge in [0.1, 0.15) is 23.5 Å². The minimum Gasteiger partial charge on any atom is -0.467 e. The van der Waals surface area contributed by atoms with Crippen LogP contribution in [-0.2, 0) is 31.9 Å². The third kappa shape index (κ3) is 7.25. The monoisotopic (exact) mass is 531 g/mol. The summed E-state index contributed by atoms with van der Waals surface area (Å²) in [5.41, 5.74) is 2.51. The zero-order valence-electron chi connectivity index (χ0n) is 22.4. The summed E-state index contributed by atoms with van der Waals surface area (Å²) in [5.74, 6) is -0.531. The second kappa shape index (κ2) is 11.8. The number of methoxy groups -OCH3 is 1. The minimum atomic E-state index is -1.02. The molecule has 0 saturated carbocycles. The van der Waals surface area contributed by atoms with Crippen molar-refractivity contribution in [3.05, 3.63) is 78.2 Å². The minimum absolute atomic E-state index is 0.116. The highest BCUT2D eigenvalue weighted by Gasteiger charge is 2.30. The van der Waals surface area contributed by atoms with E-state index in [1.54, 1.807) is 33.2 Å². The van der Waals surface area contributed by atoms with Crippen LogP contribution in [0.1, 0.15) is 32.0 Å². The maximum Gasteiger partial charge on any atom is 0.408 e. The largest absolute Gasteiger partial charge is 0.467 e. The van der Waals surface area contributed by atoms with Crippen LogP contribution in [0, 0.1) is 0 Å². The molecule has 0 spiro atoms. The van der Waals surface area contributed by atoms with Crippen LogP contribution in [0.5, 0.6) is 0 Å². The molecule has 39 heavy (non-hydrogen) atoms. The Bertz CT molecular complexity index is 1440. The fourth-order valence-electron chi connectivity index (χ4n) is 4.21. The van der Waals surface area contributed by atoms with Gasteiger partial charge in [0.2, 0.25) is 5.91 Å². The highest BCUT2D eigenvalue weighted by Crippen LogP contribution is 2.20. The number of carbonyl (C=O) groups is 3. The van der Waals surface area contributed by atoms with E-state index in [9.17, 15) is 14.4 Å². The molecule has 2 heterocycles. The number of esters is 1. The topological polar surface area (TPSA) is 138 Å². The lowest BCUT2D eigenvalue weighted by Gasteiger charge is -2.24. The van der Waals surface area contributed by atoms with E-state index in [4.69, 9.17) is 9.47 Å². The van der Waals surface area contributed by atoms with Gasteiger partial charge in [-0.05, 0) is 32.4 Å². The Labute approximate surface area is 226 Å². The zero-order chi connectivity index (χ0) is 28.0. The summed E-state index contributed by atoms with van der Waals surface area (Å²) in [5, 5.41) is 6.35. The van der Waals surface area contributed by atoms with Crippen LogP contribution in [0.2, 0.25) is 0 Å². The number of fused-ring (bicyclic) bond motifs is 1. The van der Waals surface area contributed by atoms with E-state index in [-0.39, 0.29) is 12.8 Å². The quantitative estimate of drug-likeness (QED) is 0.242. The van der Waals surface area contributed by atoms with Gasteiger partial charge in [0.25, 0.3) is 0 Å². The molecule has 0 radical (unpaired) electrons. The van der Waals surface area contributed by atoms with E-state index in [1.807, 2.05) is 54.6 Å². The van der Waals surface area contributed by atoms with Gasteiger partial charge >= 0.3 is 12.1 Å². The Morgan fingerprint density at radius 2 is 1.67 bits per heavy atom. The van der Waals surface area contributed by atoms with Gasteiger partial charge in [-0.15, -0.1) is 0 Å². The molecule has 10 heteroatoms. The highest BCUT2D eigenvalue weighted by molar-refractivity contribution is 5.91. The molecule has 2 amide bonds. The molecule has 0 aliphatic rings. The predicted molar refractivity (Wildman–Crippen MR) is 147 cm³/mol. The van der Waals surface area contributed by atoms with Crippen molar-refractivity contribution in [3.63, 3.8) is 0 Å². The van der Waals surface area contributed by atoms with Crippen LogP contribution in [0.15, 0.2) is 67.0 Å². The first-order chi connectivity index (χ1) is 18.6. The van der Waals surface area contributed by atoms with Crippen molar-refractivity contribution in [3.8, 4) is 11.4 Å². The first-order valence-corrected chi connectivity index (χ1v) is 12.6. The summed E-state index contributed by atoms with van der Waals surface area (Å²) in [4.78, 5) is 49.6. The number of alkyl carbamates (subject to hydrolysis) is 1. The first-order valence-electron chi connectivity index (χ1n) is 12.6. The Morgan fingerprint density at radius 3 is 2.38 bits per heavy atom. The van der Waals surface area contributed by atoms with Crippen LogP contribution >= 0.6 is 0 Å². The number of aromatic amines is 2. The second-order valence-corrected chi connectivity index (χ2v) is 10.2. The number of carbonyl (C=O) groups excluding carboxylic acids is 3. The molecule has 0 aliphatic carbocycles. The van der Waals surface area contributed by atoms with Crippen LogP contribution in [0.4, 0.5) is 4.79 Å². The average molecular weight is 532 g/mol. The molecular weight excluding hydrogens is 498 g/mol. The maximum absolute atomic E-state index is 13.5. The predicted octanol–water partition coefficient (Wildman–Crippen LogP) is 3.89. The van der Waals surface area contributed by atoms with Gasteiger partial charge in [-0.3, -0.25) is 4.79 Å². The molecule has 10 nitrogen and oxygen atoms in total. The third-order valence-corrected chi connectivity index (χ3v) is 6.01. The number of nitrogens with one attached hydrogen (secondary N) is 4. The molecule has 204 valence electrons. The number of rotatable bonds is 9. The van der Waals surface area contributed by atoms with Crippen LogP contribution in [0.25, 0.3) is 22.3 Å². The summed E-state index contributed by atoms with van der Waals surface area (Å²) < 4.78 is 10.4. The van der Waals surface area contributed by atoms with E-state index in [0.717, 1.165) is 22.0 Å². The number of imidazole rings is 1. The third-order valence-electron chi connectivity index (χ3n) is 6.01. The van der Waals surface area contributed by atoms with E-state index < -0.39 is 35.7 Å². The van der Waals surface area contributed by atoms with Crippen LogP contribution < -0.4 is 10.6 Å². The summed E-state index contributed by atoms with van der Waals surface area (Å²) in [6.45, 7) is 5.22. The number of hydrogen-bond donors (Lipinski definition) is 4. The van der Waals surface area contributed by atoms with E-state index in [0.29, 0.717) is 11.5 Å². The number of aromatic nitrogens is 3. The molecule has 0 bridgehead atoms. The fraction of sp³-hybridized carbons (Fsp3) is 0.310. The van der Waals surface area contributed by atoms with E-state index in [1.165, 1.54) is 7.11 Å². The molecular formula is C29H33N5O5.